The van der Waals surface area contributed by atoms with Gasteiger partial charge in [-0.25, -0.2) is 9.97 Å². The Balaban J connectivity index is 1.43. The first-order valence-electron chi connectivity index (χ1n) is 8.49. The molecule has 2 heterocycles. The quantitative estimate of drug-likeness (QED) is 0.658. The zero-order valence-electron chi connectivity index (χ0n) is 14.9. The Hall–Kier alpha value is -3.94. The molecule has 8 heteroatoms. The van der Waals surface area contributed by atoms with Gasteiger partial charge in [0, 0.05) is 35.4 Å². The first-order valence-corrected chi connectivity index (χ1v) is 8.49. The van der Waals surface area contributed by atoms with Gasteiger partial charge in [-0.1, -0.05) is 12.1 Å². The number of fused-ring (bicyclic) bond motifs is 1. The van der Waals surface area contributed by atoms with E-state index < -0.39 is 0 Å². The summed E-state index contributed by atoms with van der Waals surface area (Å²) in [5, 5.41) is 5.77. The van der Waals surface area contributed by atoms with Crippen molar-refractivity contribution in [2.24, 2.45) is 0 Å². The number of nitrogens with one attached hydrogen (secondary N) is 2. The van der Waals surface area contributed by atoms with Crippen LogP contribution >= 0.6 is 0 Å². The molecule has 0 radical (unpaired) electrons. The van der Waals surface area contributed by atoms with Crippen LogP contribution in [0.5, 0.6) is 11.5 Å². The van der Waals surface area contributed by atoms with Crippen molar-refractivity contribution < 1.29 is 19.1 Å². The highest BCUT2D eigenvalue weighted by Gasteiger charge is 2.15. The van der Waals surface area contributed by atoms with Gasteiger partial charge >= 0.3 is 0 Å². The number of hydrogen-bond acceptors (Lipinski definition) is 7. The highest BCUT2D eigenvalue weighted by molar-refractivity contribution is 6.04. The summed E-state index contributed by atoms with van der Waals surface area (Å²) < 4.78 is 10.5. The minimum Gasteiger partial charge on any atom is -0.454 e. The third-order valence-corrected chi connectivity index (χ3v) is 4.07. The zero-order chi connectivity index (χ0) is 19.5. The number of rotatable bonds is 5. The summed E-state index contributed by atoms with van der Waals surface area (Å²) >= 11 is 0. The predicted molar refractivity (Wildman–Crippen MR) is 102 cm³/mol. The van der Waals surface area contributed by atoms with Crippen molar-refractivity contribution in [3.8, 4) is 11.5 Å². The van der Waals surface area contributed by atoms with Crippen LogP contribution in [0.2, 0.25) is 0 Å². The van der Waals surface area contributed by atoms with E-state index in [0.717, 1.165) is 0 Å². The maximum Gasteiger partial charge on any atom is 0.258 e. The van der Waals surface area contributed by atoms with Gasteiger partial charge < -0.3 is 20.1 Å². The monoisotopic (exact) mass is 376 g/mol. The van der Waals surface area contributed by atoms with Crippen LogP contribution in [0, 0.1) is 0 Å². The fourth-order valence-corrected chi connectivity index (χ4v) is 2.63. The van der Waals surface area contributed by atoms with Crippen LogP contribution in [0.3, 0.4) is 0 Å². The molecular formula is C20H16N4O4. The Morgan fingerprint density at radius 2 is 1.71 bits per heavy atom. The lowest BCUT2D eigenvalue weighted by atomic mass is 10.1. The number of carbonyl (C=O) groups excluding carboxylic acids is 2. The van der Waals surface area contributed by atoms with Gasteiger partial charge in [-0.15, -0.1) is 0 Å². The van der Waals surface area contributed by atoms with Crippen molar-refractivity contribution >= 4 is 29.0 Å². The summed E-state index contributed by atoms with van der Waals surface area (Å²) in [5.41, 5.74) is 2.16. The second-order valence-corrected chi connectivity index (χ2v) is 6.08. The molecule has 2 N–H and O–H groups in total. The summed E-state index contributed by atoms with van der Waals surface area (Å²) in [6.45, 7) is 1.67. The van der Waals surface area contributed by atoms with Crippen LogP contribution in [0.4, 0.5) is 17.3 Å². The molecule has 8 nitrogen and oxygen atoms in total. The number of ether oxygens (including phenoxy) is 2. The van der Waals surface area contributed by atoms with Crippen molar-refractivity contribution in [2.45, 2.75) is 6.92 Å². The van der Waals surface area contributed by atoms with Crippen LogP contribution < -0.4 is 20.1 Å². The van der Waals surface area contributed by atoms with Crippen LogP contribution in [-0.2, 0) is 0 Å². The minimum atomic E-state index is -0.344. The lowest BCUT2D eigenvalue weighted by Crippen LogP contribution is -2.13. The Kier molecular flexibility index (Phi) is 4.59. The molecule has 0 saturated carbocycles. The maximum atomic E-state index is 12.4. The van der Waals surface area contributed by atoms with E-state index in [0.29, 0.717) is 39.9 Å². The number of carbonyl (C=O) groups is 2. The number of amides is 1. The third kappa shape index (κ3) is 3.75. The van der Waals surface area contributed by atoms with Gasteiger partial charge in [0.2, 0.25) is 12.7 Å². The molecule has 0 fully saturated rings. The van der Waals surface area contributed by atoms with E-state index in [1.165, 1.54) is 19.3 Å². The van der Waals surface area contributed by atoms with Gasteiger partial charge in [0.1, 0.15) is 0 Å². The lowest BCUT2D eigenvalue weighted by Gasteiger charge is -2.08. The predicted octanol–water partition coefficient (Wildman–Crippen LogP) is 3.40. The van der Waals surface area contributed by atoms with Crippen LogP contribution in [0.1, 0.15) is 27.6 Å². The van der Waals surface area contributed by atoms with Crippen molar-refractivity contribution in [3.05, 3.63) is 66.0 Å². The van der Waals surface area contributed by atoms with E-state index in [2.05, 4.69) is 20.6 Å². The summed E-state index contributed by atoms with van der Waals surface area (Å²) in [5.74, 6) is 1.18. The Labute approximate surface area is 160 Å². The number of benzene rings is 2. The fraction of sp³-hybridized carbons (Fsp3) is 0.100. The number of ketones is 1. The van der Waals surface area contributed by atoms with E-state index in [1.807, 2.05) is 0 Å². The summed E-state index contributed by atoms with van der Waals surface area (Å²) in [6.07, 6.45) is 2.85. The van der Waals surface area contributed by atoms with E-state index in [-0.39, 0.29) is 18.5 Å². The first-order chi connectivity index (χ1) is 13.6. The molecule has 3 aromatic rings. The smallest absolute Gasteiger partial charge is 0.258 e. The molecule has 1 amide bonds. The number of hydrogen-bond donors (Lipinski definition) is 2. The van der Waals surface area contributed by atoms with Gasteiger partial charge in [0.25, 0.3) is 5.91 Å². The van der Waals surface area contributed by atoms with Crippen molar-refractivity contribution in [1.82, 2.24) is 9.97 Å². The average Bonchev–Trinajstić information content (AvgIpc) is 3.16. The number of anilines is 3. The summed E-state index contributed by atoms with van der Waals surface area (Å²) in [6, 6.07) is 12.2. The molecule has 0 saturated heterocycles. The second kappa shape index (κ2) is 7.36. The molecule has 140 valence electrons. The number of Topliss-reactive ketones (excluding diaryl/α,β-unsaturated/α-hetero) is 1. The van der Waals surface area contributed by atoms with E-state index >= 15 is 0 Å². The first kappa shape index (κ1) is 17.5. The molecule has 1 aliphatic rings. The van der Waals surface area contributed by atoms with Gasteiger partial charge in [0.05, 0.1) is 5.56 Å². The van der Waals surface area contributed by atoms with Gasteiger partial charge in [-0.3, -0.25) is 9.59 Å². The van der Waals surface area contributed by atoms with Crippen molar-refractivity contribution in [1.29, 1.82) is 0 Å². The minimum absolute atomic E-state index is 0.0277. The normalized spacial score (nSPS) is 11.8. The molecule has 0 bridgehead atoms. The number of aromatic nitrogens is 2. The standard InChI is InChI=1S/C20H16N4O4/c1-12(25)13-3-2-4-15(7-13)24-20-21-9-14(10-22-20)19(26)23-16-5-6-17-18(8-16)28-11-27-17/h2-10H,11H2,1H3,(H,23,26)(H,21,22,24). The molecule has 2 aromatic carbocycles. The van der Waals surface area contributed by atoms with Crippen LogP contribution in [0.15, 0.2) is 54.9 Å². The van der Waals surface area contributed by atoms with Gasteiger partial charge in [-0.05, 0) is 31.2 Å². The number of nitrogens with zero attached hydrogens (tertiary/aromatic N) is 2. The molecule has 28 heavy (non-hydrogen) atoms. The average molecular weight is 376 g/mol. The summed E-state index contributed by atoms with van der Waals surface area (Å²) in [4.78, 5) is 32.2. The molecule has 0 aliphatic carbocycles. The summed E-state index contributed by atoms with van der Waals surface area (Å²) in [7, 11) is 0. The van der Waals surface area contributed by atoms with Gasteiger partial charge in [-0.2, -0.15) is 0 Å². The Morgan fingerprint density at radius 1 is 0.929 bits per heavy atom. The third-order valence-electron chi connectivity index (χ3n) is 4.07. The molecule has 0 unspecified atom stereocenters. The van der Waals surface area contributed by atoms with Crippen molar-refractivity contribution in [3.63, 3.8) is 0 Å². The van der Waals surface area contributed by atoms with Crippen molar-refractivity contribution in [2.75, 3.05) is 17.4 Å². The Morgan fingerprint density at radius 3 is 2.50 bits per heavy atom. The van der Waals surface area contributed by atoms with Crippen LogP contribution in [-0.4, -0.2) is 28.5 Å². The largest absolute Gasteiger partial charge is 0.454 e. The highest BCUT2D eigenvalue weighted by atomic mass is 16.7. The lowest BCUT2D eigenvalue weighted by molar-refractivity contribution is 0.101. The topological polar surface area (TPSA) is 102 Å². The molecular weight excluding hydrogens is 360 g/mol. The molecule has 1 aliphatic heterocycles. The molecule has 0 atom stereocenters. The van der Waals surface area contributed by atoms with Crippen LogP contribution in [0.25, 0.3) is 0 Å². The van der Waals surface area contributed by atoms with E-state index in [4.69, 9.17) is 9.47 Å². The molecule has 4 rings (SSSR count). The molecule has 1 aromatic heterocycles. The molecule has 0 spiro atoms. The Bertz CT molecular complexity index is 1050. The zero-order valence-corrected chi connectivity index (χ0v) is 14.9. The van der Waals surface area contributed by atoms with E-state index in [9.17, 15) is 9.59 Å². The fourth-order valence-electron chi connectivity index (χ4n) is 2.63. The second-order valence-electron chi connectivity index (χ2n) is 6.08. The highest BCUT2D eigenvalue weighted by Crippen LogP contribution is 2.34. The van der Waals surface area contributed by atoms with E-state index in [1.54, 1.807) is 42.5 Å². The SMILES string of the molecule is CC(=O)c1cccc(Nc2ncc(C(=O)Nc3ccc4c(c3)OCO4)cn2)c1. The maximum absolute atomic E-state index is 12.4. The van der Waals surface area contributed by atoms with Gasteiger partial charge in [0.15, 0.2) is 17.3 Å².